The van der Waals surface area contributed by atoms with Gasteiger partial charge in [-0.3, -0.25) is 0 Å². The fraction of sp³-hybridized carbons (Fsp3) is 0.350. The van der Waals surface area contributed by atoms with Gasteiger partial charge in [0.15, 0.2) is 0 Å². The number of carboxylic acids is 1. The Kier molecular flexibility index (Phi) is 7.47. The van der Waals surface area contributed by atoms with Gasteiger partial charge in [-0.15, -0.1) is 0 Å². The van der Waals surface area contributed by atoms with Crippen LogP contribution in [-0.2, 0) is 32.4 Å². The quantitative estimate of drug-likeness (QED) is 0.522. The van der Waals surface area contributed by atoms with E-state index in [1.807, 2.05) is 4.72 Å². The van der Waals surface area contributed by atoms with Gasteiger partial charge in [-0.1, -0.05) is 6.07 Å². The molecule has 3 rings (SSSR count). The lowest BCUT2D eigenvalue weighted by atomic mass is 10.1. The van der Waals surface area contributed by atoms with Crippen LogP contribution in [0.5, 0.6) is 0 Å². The lowest BCUT2D eigenvalue weighted by Gasteiger charge is -2.31. The summed E-state index contributed by atoms with van der Waals surface area (Å²) < 4.78 is 133. The number of aromatic carboxylic acids is 1. The summed E-state index contributed by atoms with van der Waals surface area (Å²) in [5.74, 6) is -1.35. The number of benzene rings is 2. The second-order valence-electron chi connectivity index (χ2n) is 7.84. The number of rotatable bonds is 6. The van der Waals surface area contributed by atoms with E-state index in [0.29, 0.717) is 0 Å². The molecule has 8 nitrogen and oxygen atoms in total. The van der Waals surface area contributed by atoms with Crippen molar-refractivity contribution in [1.82, 2.24) is 9.03 Å². The van der Waals surface area contributed by atoms with Gasteiger partial charge >= 0.3 is 18.3 Å². The molecule has 16 heteroatoms. The van der Waals surface area contributed by atoms with Crippen LogP contribution in [0.2, 0.25) is 0 Å². The standard InChI is InChI=1S/C20H18F6N2O6S2/c21-19(22,23)13-4-5-16(20(24,25)26)17(11-13)35(31,32)27-14-6-8-28(9-7-14)36(33,34)15-3-1-2-12(10-15)18(29)30/h1-5,10-11,14,27H,6-9H2,(H,29,30). The third-order valence-electron chi connectivity index (χ3n) is 5.40. The van der Waals surface area contributed by atoms with Crippen LogP contribution in [0.4, 0.5) is 26.3 Å². The summed E-state index contributed by atoms with van der Waals surface area (Å²) >= 11 is 0. The monoisotopic (exact) mass is 560 g/mol. The molecule has 0 amide bonds. The van der Waals surface area contributed by atoms with E-state index >= 15 is 0 Å². The Bertz CT molecular complexity index is 1370. The highest BCUT2D eigenvalue weighted by atomic mass is 32.2. The first-order valence-electron chi connectivity index (χ1n) is 10.1. The topological polar surface area (TPSA) is 121 Å². The Hall–Kier alpha value is -2.69. The average Bonchev–Trinajstić information content (AvgIpc) is 2.77. The van der Waals surface area contributed by atoms with Gasteiger partial charge in [0.05, 0.1) is 26.5 Å². The first-order chi connectivity index (χ1) is 16.4. The number of sulfonamides is 2. The molecule has 1 aliphatic heterocycles. The fourth-order valence-corrected chi connectivity index (χ4v) is 6.66. The maximum absolute atomic E-state index is 13.3. The molecule has 198 valence electrons. The maximum Gasteiger partial charge on any atom is 0.417 e. The molecule has 1 fully saturated rings. The normalized spacial score (nSPS) is 16.7. The average molecular weight is 560 g/mol. The van der Waals surface area contributed by atoms with Crippen molar-refractivity contribution < 1.29 is 53.1 Å². The minimum Gasteiger partial charge on any atom is -0.478 e. The van der Waals surface area contributed by atoms with Crippen LogP contribution in [-0.4, -0.2) is 51.3 Å². The first-order valence-corrected chi connectivity index (χ1v) is 13.0. The molecular formula is C20H18F6N2O6S2. The number of nitrogens with one attached hydrogen (secondary N) is 1. The number of piperidine rings is 1. The molecule has 2 aromatic rings. The van der Waals surface area contributed by atoms with E-state index in [1.54, 1.807) is 0 Å². The summed E-state index contributed by atoms with van der Waals surface area (Å²) in [5, 5.41) is 9.05. The molecule has 0 radical (unpaired) electrons. The number of hydrogen-bond donors (Lipinski definition) is 2. The third-order valence-corrected chi connectivity index (χ3v) is 8.85. The van der Waals surface area contributed by atoms with Crippen LogP contribution in [0.3, 0.4) is 0 Å². The molecule has 1 heterocycles. The van der Waals surface area contributed by atoms with E-state index in [2.05, 4.69) is 0 Å². The zero-order valence-electron chi connectivity index (χ0n) is 18.0. The lowest BCUT2D eigenvalue weighted by Crippen LogP contribution is -2.46. The van der Waals surface area contributed by atoms with Crippen LogP contribution >= 0.6 is 0 Å². The van der Waals surface area contributed by atoms with Gasteiger partial charge in [-0.2, -0.15) is 30.6 Å². The van der Waals surface area contributed by atoms with Gasteiger partial charge in [0, 0.05) is 19.1 Å². The minimum absolute atomic E-state index is 0.0395. The fourth-order valence-electron chi connectivity index (χ4n) is 3.59. The Balaban J connectivity index is 1.81. The zero-order chi connectivity index (χ0) is 27.1. The number of carboxylic acid groups (broad SMARTS) is 1. The molecule has 0 aliphatic carbocycles. The van der Waals surface area contributed by atoms with Crippen molar-refractivity contribution in [3.63, 3.8) is 0 Å². The SMILES string of the molecule is O=C(O)c1cccc(S(=O)(=O)N2CCC(NS(=O)(=O)c3cc(C(F)(F)F)ccc3C(F)(F)F)CC2)c1. The second-order valence-corrected chi connectivity index (χ2v) is 11.5. The number of nitrogens with zero attached hydrogens (tertiary/aromatic N) is 1. The van der Waals surface area contributed by atoms with Gasteiger partial charge in [0.1, 0.15) is 0 Å². The Morgan fingerprint density at radius 3 is 2.06 bits per heavy atom. The summed E-state index contributed by atoms with van der Waals surface area (Å²) in [5.41, 5.74) is -3.64. The predicted molar refractivity (Wildman–Crippen MR) is 112 cm³/mol. The van der Waals surface area contributed by atoms with Crippen molar-refractivity contribution in [3.05, 3.63) is 59.2 Å². The van der Waals surface area contributed by atoms with Crippen LogP contribution in [0.1, 0.15) is 34.3 Å². The summed E-state index contributed by atoms with van der Waals surface area (Å²) in [6.45, 7) is -0.553. The van der Waals surface area contributed by atoms with E-state index in [-0.39, 0.29) is 54.6 Å². The minimum atomic E-state index is -5.25. The number of alkyl halides is 6. The third kappa shape index (κ3) is 5.99. The number of carbonyl (C=O) groups is 1. The van der Waals surface area contributed by atoms with E-state index in [9.17, 15) is 48.0 Å². The van der Waals surface area contributed by atoms with E-state index < -0.39 is 60.4 Å². The van der Waals surface area contributed by atoms with Gasteiger partial charge in [-0.25, -0.2) is 26.4 Å². The molecule has 0 spiro atoms. The van der Waals surface area contributed by atoms with E-state index in [0.717, 1.165) is 10.4 Å². The van der Waals surface area contributed by atoms with Gasteiger partial charge in [0.2, 0.25) is 20.0 Å². The highest BCUT2D eigenvalue weighted by molar-refractivity contribution is 7.89. The molecule has 0 atom stereocenters. The molecule has 2 N–H and O–H groups in total. The number of halogens is 6. The summed E-state index contributed by atoms with van der Waals surface area (Å²) in [6, 6.07) is 3.53. The lowest BCUT2D eigenvalue weighted by molar-refractivity contribution is -0.143. The Labute approximate surface area is 201 Å². The number of hydrogen-bond acceptors (Lipinski definition) is 5. The molecule has 0 unspecified atom stereocenters. The highest BCUT2D eigenvalue weighted by Gasteiger charge is 2.41. The Morgan fingerprint density at radius 2 is 1.53 bits per heavy atom. The molecule has 36 heavy (non-hydrogen) atoms. The van der Waals surface area contributed by atoms with Gasteiger partial charge < -0.3 is 5.11 Å². The van der Waals surface area contributed by atoms with Crippen molar-refractivity contribution in [2.75, 3.05) is 13.1 Å². The molecule has 0 aromatic heterocycles. The molecule has 1 aliphatic rings. The summed E-state index contributed by atoms with van der Waals surface area (Å²) in [7, 11) is -9.25. The molecule has 1 saturated heterocycles. The van der Waals surface area contributed by atoms with Crippen molar-refractivity contribution in [2.45, 2.75) is 41.0 Å². The van der Waals surface area contributed by atoms with E-state index in [4.69, 9.17) is 5.11 Å². The highest BCUT2D eigenvalue weighted by Crippen LogP contribution is 2.38. The predicted octanol–water partition coefficient (Wildman–Crippen LogP) is 3.55. The van der Waals surface area contributed by atoms with Crippen LogP contribution < -0.4 is 4.72 Å². The van der Waals surface area contributed by atoms with Crippen molar-refractivity contribution >= 4 is 26.0 Å². The van der Waals surface area contributed by atoms with Gasteiger partial charge in [0.25, 0.3) is 0 Å². The van der Waals surface area contributed by atoms with Crippen molar-refractivity contribution in [3.8, 4) is 0 Å². The second kappa shape index (κ2) is 9.64. The smallest absolute Gasteiger partial charge is 0.417 e. The molecule has 2 aromatic carbocycles. The summed E-state index contributed by atoms with van der Waals surface area (Å²) in [6.07, 6.45) is -10.7. The van der Waals surface area contributed by atoms with Crippen LogP contribution in [0.15, 0.2) is 52.3 Å². The van der Waals surface area contributed by atoms with Crippen LogP contribution in [0.25, 0.3) is 0 Å². The van der Waals surface area contributed by atoms with Gasteiger partial charge in [-0.05, 0) is 49.2 Å². The molecular weight excluding hydrogens is 542 g/mol. The molecule has 0 saturated carbocycles. The van der Waals surface area contributed by atoms with Crippen molar-refractivity contribution in [2.24, 2.45) is 0 Å². The molecule has 0 bridgehead atoms. The Morgan fingerprint density at radius 1 is 0.917 bits per heavy atom. The largest absolute Gasteiger partial charge is 0.478 e. The van der Waals surface area contributed by atoms with Crippen molar-refractivity contribution in [1.29, 1.82) is 0 Å². The van der Waals surface area contributed by atoms with Crippen LogP contribution in [0, 0.1) is 0 Å². The maximum atomic E-state index is 13.3. The summed E-state index contributed by atoms with van der Waals surface area (Å²) in [4.78, 5) is 9.19. The first kappa shape index (κ1) is 27.9. The zero-order valence-corrected chi connectivity index (χ0v) is 19.6. The van der Waals surface area contributed by atoms with E-state index in [1.165, 1.54) is 18.2 Å².